The fraction of sp³-hybridized carbons (Fsp3) is 0.522. The summed E-state index contributed by atoms with van der Waals surface area (Å²) in [6.45, 7) is 4.92. The Balaban J connectivity index is 1.28. The summed E-state index contributed by atoms with van der Waals surface area (Å²) >= 11 is 0. The molecule has 0 saturated carbocycles. The Morgan fingerprint density at radius 2 is 2.00 bits per heavy atom. The summed E-state index contributed by atoms with van der Waals surface area (Å²) in [5.41, 5.74) is 3.12. The molecule has 0 bridgehead atoms. The molecule has 0 aliphatic carbocycles. The second kappa shape index (κ2) is 9.69. The first-order valence-electron chi connectivity index (χ1n) is 11.5. The lowest BCUT2D eigenvalue weighted by Crippen LogP contribution is -2.47. The van der Waals surface area contributed by atoms with Gasteiger partial charge in [-0.3, -0.25) is 0 Å². The molecular weight excluding hydrogens is 438 g/mol. The lowest BCUT2D eigenvalue weighted by molar-refractivity contribution is 0.0443. The third kappa shape index (κ3) is 4.41. The number of hydrogen-bond acceptors (Lipinski definition) is 9. The Labute approximate surface area is 197 Å². The minimum Gasteiger partial charge on any atom is -0.480 e. The molecule has 5 rings (SSSR count). The Kier molecular flexibility index (Phi) is 6.31. The van der Waals surface area contributed by atoms with Gasteiger partial charge in [0.1, 0.15) is 24.1 Å². The first-order valence-corrected chi connectivity index (χ1v) is 11.5. The van der Waals surface area contributed by atoms with Crippen molar-refractivity contribution in [1.29, 1.82) is 5.26 Å². The average molecular weight is 466 g/mol. The fourth-order valence-electron chi connectivity index (χ4n) is 4.60. The maximum absolute atomic E-state index is 12.8. The number of pyridine rings is 1. The number of urea groups is 1. The molecule has 1 unspecified atom stereocenters. The predicted molar refractivity (Wildman–Crippen MR) is 121 cm³/mol. The topological polar surface area (TPSA) is 117 Å². The van der Waals surface area contributed by atoms with E-state index < -0.39 is 0 Å². The summed E-state index contributed by atoms with van der Waals surface area (Å²) < 4.78 is 16.8. The summed E-state index contributed by atoms with van der Waals surface area (Å²) in [7, 11) is 1.50. The number of rotatable bonds is 4. The normalized spacial score (nSPS) is 20.0. The number of morpholine rings is 1. The number of fused-ring (bicyclic) bond motifs is 1. The SMILES string of the molecule is COc1ncc(N2CCc3ncnc(OC4CCN(C(=O)N5CCOCC5)C4)c3C2)cc1C#N. The van der Waals surface area contributed by atoms with E-state index in [2.05, 4.69) is 25.9 Å². The van der Waals surface area contributed by atoms with Crippen LogP contribution in [0, 0.1) is 11.3 Å². The van der Waals surface area contributed by atoms with Crippen molar-refractivity contribution in [3.05, 3.63) is 35.4 Å². The van der Waals surface area contributed by atoms with Crippen LogP contribution in [0.15, 0.2) is 18.6 Å². The van der Waals surface area contributed by atoms with E-state index in [-0.39, 0.29) is 12.1 Å². The minimum absolute atomic E-state index is 0.0468. The van der Waals surface area contributed by atoms with Crippen LogP contribution in [-0.4, -0.2) is 89.9 Å². The number of nitriles is 1. The van der Waals surface area contributed by atoms with Crippen molar-refractivity contribution in [3.63, 3.8) is 0 Å². The monoisotopic (exact) mass is 465 g/mol. The number of nitrogens with zero attached hydrogens (tertiary/aromatic N) is 7. The third-order valence-electron chi connectivity index (χ3n) is 6.45. The van der Waals surface area contributed by atoms with Gasteiger partial charge in [-0.05, 0) is 6.07 Å². The van der Waals surface area contributed by atoms with E-state index in [9.17, 15) is 10.1 Å². The van der Waals surface area contributed by atoms with Crippen LogP contribution in [0.25, 0.3) is 0 Å². The highest BCUT2D eigenvalue weighted by molar-refractivity contribution is 5.75. The van der Waals surface area contributed by atoms with Crippen molar-refractivity contribution in [3.8, 4) is 17.8 Å². The van der Waals surface area contributed by atoms with Crippen LogP contribution in [0.3, 0.4) is 0 Å². The van der Waals surface area contributed by atoms with Crippen molar-refractivity contribution in [2.24, 2.45) is 0 Å². The largest absolute Gasteiger partial charge is 0.480 e. The van der Waals surface area contributed by atoms with E-state index in [0.717, 1.165) is 36.3 Å². The van der Waals surface area contributed by atoms with Gasteiger partial charge in [-0.2, -0.15) is 5.26 Å². The van der Waals surface area contributed by atoms with Crippen LogP contribution in [0.4, 0.5) is 10.5 Å². The number of amides is 2. The first-order chi connectivity index (χ1) is 16.7. The molecule has 2 saturated heterocycles. The maximum Gasteiger partial charge on any atom is 0.320 e. The number of methoxy groups -OCH3 is 1. The Hall–Kier alpha value is -3.65. The van der Waals surface area contributed by atoms with Gasteiger partial charge >= 0.3 is 6.03 Å². The van der Waals surface area contributed by atoms with E-state index in [4.69, 9.17) is 14.2 Å². The number of ether oxygens (including phenoxy) is 3. The van der Waals surface area contributed by atoms with Crippen molar-refractivity contribution < 1.29 is 19.0 Å². The molecule has 2 amide bonds. The highest BCUT2D eigenvalue weighted by Gasteiger charge is 2.32. The van der Waals surface area contributed by atoms with Crippen LogP contribution in [0.2, 0.25) is 0 Å². The zero-order valence-electron chi connectivity index (χ0n) is 19.1. The second-order valence-corrected chi connectivity index (χ2v) is 8.49. The lowest BCUT2D eigenvalue weighted by Gasteiger charge is -2.31. The van der Waals surface area contributed by atoms with E-state index in [1.807, 2.05) is 9.80 Å². The highest BCUT2D eigenvalue weighted by Crippen LogP contribution is 2.31. The first kappa shape index (κ1) is 22.2. The third-order valence-corrected chi connectivity index (χ3v) is 6.45. The molecule has 178 valence electrons. The number of anilines is 1. The Morgan fingerprint density at radius 3 is 2.79 bits per heavy atom. The van der Waals surface area contributed by atoms with Gasteiger partial charge in [0.25, 0.3) is 0 Å². The Morgan fingerprint density at radius 1 is 1.15 bits per heavy atom. The molecule has 0 radical (unpaired) electrons. The fourth-order valence-corrected chi connectivity index (χ4v) is 4.60. The van der Waals surface area contributed by atoms with Crippen molar-refractivity contribution >= 4 is 11.7 Å². The predicted octanol–water partition coefficient (Wildman–Crippen LogP) is 1.22. The molecular formula is C23H27N7O4. The molecule has 0 spiro atoms. The van der Waals surface area contributed by atoms with Gasteiger partial charge < -0.3 is 28.9 Å². The van der Waals surface area contributed by atoms with Crippen LogP contribution in [0.5, 0.6) is 11.8 Å². The summed E-state index contributed by atoms with van der Waals surface area (Å²) in [4.78, 5) is 31.8. The maximum atomic E-state index is 12.8. The number of likely N-dealkylation sites (tertiary alicyclic amines) is 1. The summed E-state index contributed by atoms with van der Waals surface area (Å²) in [6, 6.07) is 3.97. The van der Waals surface area contributed by atoms with Gasteiger partial charge in [-0.1, -0.05) is 0 Å². The quantitative estimate of drug-likeness (QED) is 0.657. The number of hydrogen-bond donors (Lipinski definition) is 0. The number of carbonyl (C=O) groups excluding carboxylic acids is 1. The van der Waals surface area contributed by atoms with Crippen LogP contribution in [-0.2, 0) is 17.7 Å². The zero-order chi connectivity index (χ0) is 23.5. The minimum atomic E-state index is -0.118. The molecule has 2 fully saturated rings. The highest BCUT2D eigenvalue weighted by atomic mass is 16.5. The molecule has 1 atom stereocenters. The van der Waals surface area contributed by atoms with Crippen molar-refractivity contribution in [2.45, 2.75) is 25.5 Å². The van der Waals surface area contributed by atoms with Gasteiger partial charge in [-0.15, -0.1) is 0 Å². The summed E-state index contributed by atoms with van der Waals surface area (Å²) in [5, 5.41) is 9.41. The molecule has 0 aromatic carbocycles. The summed E-state index contributed by atoms with van der Waals surface area (Å²) in [6.07, 6.45) is 4.62. The smallest absolute Gasteiger partial charge is 0.320 e. The Bertz CT molecular complexity index is 1100. The van der Waals surface area contributed by atoms with Crippen LogP contribution < -0.4 is 14.4 Å². The van der Waals surface area contributed by atoms with Gasteiger partial charge in [0.15, 0.2) is 0 Å². The van der Waals surface area contributed by atoms with Crippen LogP contribution in [0.1, 0.15) is 23.2 Å². The molecule has 34 heavy (non-hydrogen) atoms. The number of carbonyl (C=O) groups is 1. The number of aromatic nitrogens is 3. The van der Waals surface area contributed by atoms with Gasteiger partial charge in [0.05, 0.1) is 56.6 Å². The zero-order valence-corrected chi connectivity index (χ0v) is 19.1. The van der Waals surface area contributed by atoms with Gasteiger partial charge in [0, 0.05) is 39.0 Å². The summed E-state index contributed by atoms with van der Waals surface area (Å²) in [5.74, 6) is 0.871. The van der Waals surface area contributed by atoms with E-state index in [1.54, 1.807) is 12.3 Å². The second-order valence-electron chi connectivity index (χ2n) is 8.49. The molecule has 2 aromatic rings. The standard InChI is InChI=1S/C23H27N7O4/c1-32-21-16(11-24)10-17(12-25-21)29-5-3-20-19(14-29)22(27-15-26-20)34-18-2-4-30(13-18)23(31)28-6-8-33-9-7-28/h10,12,15,18H,2-9,13-14H2,1H3. The van der Waals surface area contributed by atoms with Crippen LogP contribution >= 0.6 is 0 Å². The molecule has 11 nitrogen and oxygen atoms in total. The molecule has 5 heterocycles. The van der Waals surface area contributed by atoms with Gasteiger partial charge in [-0.25, -0.2) is 19.7 Å². The molecule has 3 aliphatic heterocycles. The van der Waals surface area contributed by atoms with Crippen molar-refractivity contribution in [1.82, 2.24) is 24.8 Å². The molecule has 11 heteroatoms. The van der Waals surface area contributed by atoms with E-state index >= 15 is 0 Å². The van der Waals surface area contributed by atoms with Crippen molar-refractivity contribution in [2.75, 3.05) is 57.9 Å². The average Bonchev–Trinajstić information content (AvgIpc) is 3.36. The molecule has 2 aromatic heterocycles. The van der Waals surface area contributed by atoms with E-state index in [0.29, 0.717) is 63.3 Å². The molecule has 0 N–H and O–H groups in total. The lowest BCUT2D eigenvalue weighted by atomic mass is 10.1. The van der Waals surface area contributed by atoms with Gasteiger partial charge in [0.2, 0.25) is 11.8 Å². The van der Waals surface area contributed by atoms with E-state index in [1.165, 1.54) is 13.4 Å². The molecule has 3 aliphatic rings.